The molecule has 4 heteroatoms. The van der Waals surface area contributed by atoms with Gasteiger partial charge < -0.3 is 0 Å². The van der Waals surface area contributed by atoms with E-state index in [1.165, 1.54) is 17.3 Å². The zero-order valence-corrected chi connectivity index (χ0v) is 12.1. The Morgan fingerprint density at radius 1 is 1.26 bits per heavy atom. The van der Waals surface area contributed by atoms with Crippen LogP contribution in [0.3, 0.4) is 0 Å². The topological polar surface area (TPSA) is 55.9 Å². The molecule has 1 heterocycles. The lowest BCUT2D eigenvalue weighted by Crippen LogP contribution is -2.37. The van der Waals surface area contributed by atoms with Gasteiger partial charge in [0.1, 0.15) is 0 Å². The van der Waals surface area contributed by atoms with E-state index in [9.17, 15) is 0 Å². The number of para-hydroxylation sites is 1. The second-order valence-electron chi connectivity index (χ2n) is 5.63. The molecule has 3 N–H and O–H groups in total. The summed E-state index contributed by atoms with van der Waals surface area (Å²) in [5.74, 6) is 6.38. The Hall–Kier alpha value is -1.39. The van der Waals surface area contributed by atoms with Crippen LogP contribution in [0.1, 0.15) is 32.4 Å². The normalized spacial score (nSPS) is 13.3. The van der Waals surface area contributed by atoms with Crippen molar-refractivity contribution in [1.82, 2.24) is 15.2 Å². The molecule has 1 aromatic heterocycles. The molecular formula is C15H24N4. The van der Waals surface area contributed by atoms with E-state index in [0.29, 0.717) is 12.0 Å². The van der Waals surface area contributed by atoms with E-state index < -0.39 is 0 Å². The second kappa shape index (κ2) is 6.17. The first-order valence-corrected chi connectivity index (χ1v) is 6.98. The maximum absolute atomic E-state index is 5.67. The molecule has 0 bridgehead atoms. The van der Waals surface area contributed by atoms with Gasteiger partial charge in [-0.05, 0) is 24.8 Å². The van der Waals surface area contributed by atoms with Crippen LogP contribution in [0.4, 0.5) is 0 Å². The Labute approximate surface area is 114 Å². The number of fused-ring (bicyclic) bond motifs is 1. The minimum Gasteiger partial charge on any atom is -0.271 e. The van der Waals surface area contributed by atoms with Crippen LogP contribution in [0.5, 0.6) is 0 Å². The highest BCUT2D eigenvalue weighted by atomic mass is 15.3. The summed E-state index contributed by atoms with van der Waals surface area (Å²) in [5.41, 5.74) is 5.24. The van der Waals surface area contributed by atoms with E-state index in [1.54, 1.807) is 0 Å². The molecule has 104 valence electrons. The van der Waals surface area contributed by atoms with Gasteiger partial charge in [0.2, 0.25) is 0 Å². The molecule has 0 fully saturated rings. The number of nitrogens with two attached hydrogens (primary N) is 1. The maximum Gasteiger partial charge on any atom is 0.0719 e. The first kappa shape index (κ1) is 14.0. The van der Waals surface area contributed by atoms with Crippen molar-refractivity contribution < 1.29 is 0 Å². The number of hydrazine groups is 1. The van der Waals surface area contributed by atoms with Crippen molar-refractivity contribution in [3.05, 3.63) is 30.0 Å². The molecule has 0 spiro atoms. The highest BCUT2D eigenvalue weighted by Crippen LogP contribution is 2.20. The zero-order chi connectivity index (χ0) is 13.8. The highest BCUT2D eigenvalue weighted by molar-refractivity contribution is 5.81. The van der Waals surface area contributed by atoms with Crippen molar-refractivity contribution in [2.75, 3.05) is 0 Å². The standard InChI is InChI=1S/C15H24N4/c1-11(2)8-9-12(17-16)10-14-13-6-4-5-7-15(13)19(3)18-14/h4-7,11-12,17H,8-10,16H2,1-3H3. The van der Waals surface area contributed by atoms with Gasteiger partial charge in [0.15, 0.2) is 0 Å². The van der Waals surface area contributed by atoms with E-state index in [1.807, 2.05) is 17.8 Å². The third-order valence-corrected chi connectivity index (χ3v) is 3.60. The molecule has 0 aliphatic rings. The summed E-state index contributed by atoms with van der Waals surface area (Å²) in [5, 5.41) is 5.86. The van der Waals surface area contributed by atoms with E-state index >= 15 is 0 Å². The summed E-state index contributed by atoms with van der Waals surface area (Å²) in [6.07, 6.45) is 3.14. The Balaban J connectivity index is 2.15. The molecule has 0 aliphatic carbocycles. The van der Waals surface area contributed by atoms with E-state index in [-0.39, 0.29) is 0 Å². The van der Waals surface area contributed by atoms with Gasteiger partial charge in [-0.25, -0.2) is 0 Å². The lowest BCUT2D eigenvalue weighted by Gasteiger charge is -2.16. The van der Waals surface area contributed by atoms with Gasteiger partial charge in [0, 0.05) is 24.9 Å². The lowest BCUT2D eigenvalue weighted by atomic mass is 9.99. The monoisotopic (exact) mass is 260 g/mol. The Morgan fingerprint density at radius 2 is 2.00 bits per heavy atom. The van der Waals surface area contributed by atoms with Gasteiger partial charge in [0.05, 0.1) is 11.2 Å². The fraction of sp³-hybridized carbons (Fsp3) is 0.533. The van der Waals surface area contributed by atoms with Crippen molar-refractivity contribution in [2.24, 2.45) is 18.8 Å². The molecule has 19 heavy (non-hydrogen) atoms. The van der Waals surface area contributed by atoms with Crippen LogP contribution in [0.15, 0.2) is 24.3 Å². The van der Waals surface area contributed by atoms with Gasteiger partial charge in [-0.2, -0.15) is 5.10 Å². The predicted molar refractivity (Wildman–Crippen MR) is 79.6 cm³/mol. The highest BCUT2D eigenvalue weighted by Gasteiger charge is 2.14. The average Bonchev–Trinajstić information content (AvgIpc) is 2.72. The molecule has 2 aromatic rings. The molecule has 1 unspecified atom stereocenters. The molecule has 4 nitrogen and oxygen atoms in total. The van der Waals surface area contributed by atoms with Crippen LogP contribution in [-0.4, -0.2) is 15.8 Å². The summed E-state index contributed by atoms with van der Waals surface area (Å²) in [7, 11) is 1.99. The molecule has 0 aliphatic heterocycles. The Bertz CT molecular complexity index is 530. The average molecular weight is 260 g/mol. The largest absolute Gasteiger partial charge is 0.271 e. The fourth-order valence-electron chi connectivity index (χ4n) is 2.45. The minimum atomic E-state index is 0.292. The van der Waals surface area contributed by atoms with Crippen LogP contribution < -0.4 is 11.3 Å². The number of nitrogens with one attached hydrogen (secondary N) is 1. The van der Waals surface area contributed by atoms with Crippen LogP contribution >= 0.6 is 0 Å². The van der Waals surface area contributed by atoms with Gasteiger partial charge in [-0.3, -0.25) is 16.0 Å². The molecule has 1 aromatic carbocycles. The SMILES string of the molecule is CC(C)CCC(Cc1nn(C)c2ccccc12)NN. The first-order chi connectivity index (χ1) is 9.11. The van der Waals surface area contributed by atoms with Gasteiger partial charge >= 0.3 is 0 Å². The first-order valence-electron chi connectivity index (χ1n) is 6.98. The Kier molecular flexibility index (Phi) is 4.56. The molecule has 1 atom stereocenters. The number of hydrogen-bond donors (Lipinski definition) is 2. The summed E-state index contributed by atoms with van der Waals surface area (Å²) in [6, 6.07) is 8.64. The molecule has 0 saturated heterocycles. The van der Waals surface area contributed by atoms with Crippen LogP contribution in [0.25, 0.3) is 10.9 Å². The molecule has 0 amide bonds. The van der Waals surface area contributed by atoms with E-state index in [0.717, 1.165) is 18.5 Å². The summed E-state index contributed by atoms with van der Waals surface area (Å²) < 4.78 is 1.95. The van der Waals surface area contributed by atoms with Crippen LogP contribution in [-0.2, 0) is 13.5 Å². The quantitative estimate of drug-likeness (QED) is 0.619. The van der Waals surface area contributed by atoms with Crippen LogP contribution in [0, 0.1) is 5.92 Å². The predicted octanol–water partition coefficient (Wildman–Crippen LogP) is 2.38. The number of nitrogens with zero attached hydrogens (tertiary/aromatic N) is 2. The van der Waals surface area contributed by atoms with Crippen molar-refractivity contribution in [3.63, 3.8) is 0 Å². The van der Waals surface area contributed by atoms with Crippen LogP contribution in [0.2, 0.25) is 0 Å². The Morgan fingerprint density at radius 3 is 2.68 bits per heavy atom. The molecule has 2 rings (SSSR count). The maximum atomic E-state index is 5.67. The minimum absolute atomic E-state index is 0.292. The molecular weight excluding hydrogens is 236 g/mol. The summed E-state index contributed by atoms with van der Waals surface area (Å²) in [4.78, 5) is 0. The second-order valence-corrected chi connectivity index (χ2v) is 5.63. The number of aromatic nitrogens is 2. The number of hydrogen-bond acceptors (Lipinski definition) is 3. The smallest absolute Gasteiger partial charge is 0.0719 e. The zero-order valence-electron chi connectivity index (χ0n) is 12.1. The third kappa shape index (κ3) is 3.33. The number of rotatable bonds is 6. The number of aryl methyl sites for hydroxylation is 1. The van der Waals surface area contributed by atoms with Gasteiger partial charge in [-0.1, -0.05) is 32.0 Å². The lowest BCUT2D eigenvalue weighted by molar-refractivity contribution is 0.431. The molecule has 0 radical (unpaired) electrons. The molecule has 0 saturated carbocycles. The van der Waals surface area contributed by atoms with Crippen molar-refractivity contribution in [3.8, 4) is 0 Å². The van der Waals surface area contributed by atoms with Gasteiger partial charge in [-0.15, -0.1) is 0 Å². The van der Waals surface area contributed by atoms with Crippen molar-refractivity contribution in [2.45, 2.75) is 39.2 Å². The van der Waals surface area contributed by atoms with E-state index in [4.69, 9.17) is 5.84 Å². The van der Waals surface area contributed by atoms with Crippen molar-refractivity contribution >= 4 is 10.9 Å². The van der Waals surface area contributed by atoms with Crippen molar-refractivity contribution in [1.29, 1.82) is 0 Å². The number of benzene rings is 1. The van der Waals surface area contributed by atoms with Gasteiger partial charge in [0.25, 0.3) is 0 Å². The summed E-state index contributed by atoms with van der Waals surface area (Å²) >= 11 is 0. The fourth-order valence-corrected chi connectivity index (χ4v) is 2.45. The third-order valence-electron chi connectivity index (χ3n) is 3.60. The van der Waals surface area contributed by atoms with E-state index in [2.05, 4.69) is 42.6 Å². The summed E-state index contributed by atoms with van der Waals surface area (Å²) in [6.45, 7) is 4.48.